The number of benzene rings is 1. The molecule has 0 spiro atoms. The van der Waals surface area contributed by atoms with E-state index < -0.39 is 0 Å². The first-order valence-corrected chi connectivity index (χ1v) is 11.9. The lowest BCUT2D eigenvalue weighted by Crippen LogP contribution is -2.46. The highest BCUT2D eigenvalue weighted by Gasteiger charge is 2.23. The molecule has 1 heterocycles. The molecule has 8 heteroatoms. The number of nitriles is 1. The summed E-state index contributed by atoms with van der Waals surface area (Å²) in [6, 6.07) is 9.21. The van der Waals surface area contributed by atoms with Crippen LogP contribution < -0.4 is 21.3 Å². The van der Waals surface area contributed by atoms with Crippen molar-refractivity contribution in [2.75, 3.05) is 24.2 Å². The van der Waals surface area contributed by atoms with Gasteiger partial charge in [0, 0.05) is 24.2 Å². The Morgan fingerprint density at radius 1 is 1.26 bits per heavy atom. The average Bonchev–Trinajstić information content (AvgIpc) is 2.87. The van der Waals surface area contributed by atoms with Crippen molar-refractivity contribution in [1.82, 2.24) is 20.6 Å². The van der Waals surface area contributed by atoms with Crippen LogP contribution >= 0.6 is 0 Å². The van der Waals surface area contributed by atoms with E-state index in [9.17, 15) is 4.79 Å². The van der Waals surface area contributed by atoms with Crippen molar-refractivity contribution in [3.63, 3.8) is 0 Å². The van der Waals surface area contributed by atoms with Crippen molar-refractivity contribution in [1.29, 1.82) is 5.26 Å². The first-order chi connectivity index (χ1) is 16.5. The predicted octanol–water partition coefficient (Wildman–Crippen LogP) is 3.55. The van der Waals surface area contributed by atoms with E-state index in [1.807, 2.05) is 19.1 Å². The van der Waals surface area contributed by atoms with Crippen LogP contribution in [-0.4, -0.2) is 41.6 Å². The molecule has 1 aliphatic rings. The fourth-order valence-electron chi connectivity index (χ4n) is 3.76. The van der Waals surface area contributed by atoms with E-state index in [0.29, 0.717) is 17.3 Å². The van der Waals surface area contributed by atoms with Crippen molar-refractivity contribution >= 4 is 23.4 Å². The molecule has 2 aromatic rings. The zero-order valence-electron chi connectivity index (χ0n) is 20.1. The van der Waals surface area contributed by atoms with E-state index in [0.717, 1.165) is 49.9 Å². The number of rotatable bonds is 8. The van der Waals surface area contributed by atoms with Gasteiger partial charge in [-0.25, -0.2) is 4.98 Å². The number of likely N-dealkylation sites (N-methyl/N-ethyl adjacent to an activating group) is 1. The Morgan fingerprint density at radius 2 is 2.06 bits per heavy atom. The summed E-state index contributed by atoms with van der Waals surface area (Å²) in [7, 11) is 1.79. The minimum absolute atomic E-state index is 0.0333. The Balaban J connectivity index is 1.70. The van der Waals surface area contributed by atoms with Gasteiger partial charge in [0.2, 0.25) is 11.9 Å². The molecule has 0 saturated heterocycles. The molecule has 178 valence electrons. The van der Waals surface area contributed by atoms with Gasteiger partial charge < -0.3 is 21.3 Å². The molecule has 4 N–H and O–H groups in total. The maximum absolute atomic E-state index is 12.2. The van der Waals surface area contributed by atoms with Gasteiger partial charge in [-0.15, -0.1) is 0 Å². The van der Waals surface area contributed by atoms with Crippen LogP contribution in [0.2, 0.25) is 0 Å². The van der Waals surface area contributed by atoms with E-state index in [1.165, 1.54) is 0 Å². The highest BCUT2D eigenvalue weighted by Crippen LogP contribution is 2.24. The normalized spacial score (nSPS) is 18.1. The van der Waals surface area contributed by atoms with Crippen molar-refractivity contribution in [3.05, 3.63) is 41.6 Å². The molecule has 1 aromatic heterocycles. The van der Waals surface area contributed by atoms with Crippen molar-refractivity contribution in [3.8, 4) is 17.9 Å². The number of aromatic nitrogens is 2. The molecule has 8 nitrogen and oxygen atoms in total. The van der Waals surface area contributed by atoms with Crippen LogP contribution in [0.1, 0.15) is 57.1 Å². The maximum Gasteiger partial charge on any atom is 0.237 e. The lowest BCUT2D eigenvalue weighted by atomic mass is 9.86. The molecular formula is C26H33N7O. The number of nitrogens with zero attached hydrogens (tertiary/aromatic N) is 3. The van der Waals surface area contributed by atoms with E-state index >= 15 is 0 Å². The van der Waals surface area contributed by atoms with Crippen molar-refractivity contribution in [2.24, 2.45) is 5.92 Å². The summed E-state index contributed by atoms with van der Waals surface area (Å²) < 4.78 is 0. The summed E-state index contributed by atoms with van der Waals surface area (Å²) in [5.74, 6) is 8.09. The van der Waals surface area contributed by atoms with Gasteiger partial charge in [0.1, 0.15) is 5.82 Å². The van der Waals surface area contributed by atoms with Gasteiger partial charge in [0.25, 0.3) is 0 Å². The molecule has 2 unspecified atom stereocenters. The Morgan fingerprint density at radius 3 is 2.76 bits per heavy atom. The second kappa shape index (κ2) is 12.6. The maximum atomic E-state index is 12.2. The lowest BCUT2D eigenvalue weighted by molar-refractivity contribution is -0.123. The number of carbonyl (C=O) groups excluding carboxylic acids is 1. The minimum atomic E-state index is -0.202. The first-order valence-electron chi connectivity index (χ1n) is 11.9. The zero-order valence-corrected chi connectivity index (χ0v) is 20.1. The van der Waals surface area contributed by atoms with E-state index in [-0.39, 0.29) is 23.9 Å². The third-order valence-electron chi connectivity index (χ3n) is 5.86. The molecule has 3 rings (SSSR count). The number of carbonyl (C=O) groups is 1. The predicted molar refractivity (Wildman–Crippen MR) is 135 cm³/mol. The number of anilines is 3. The Bertz CT molecular complexity index is 1070. The van der Waals surface area contributed by atoms with Crippen LogP contribution in [0.15, 0.2) is 30.5 Å². The molecule has 0 radical (unpaired) electrons. The molecular weight excluding hydrogens is 426 g/mol. The Hall–Kier alpha value is -3.62. The van der Waals surface area contributed by atoms with E-state index in [4.69, 9.17) is 5.26 Å². The molecule has 0 bridgehead atoms. The third kappa shape index (κ3) is 7.19. The number of nitrogens with one attached hydrogen (secondary N) is 4. The minimum Gasteiger partial charge on any atom is -0.369 e. The molecule has 0 aliphatic heterocycles. The quantitative estimate of drug-likeness (QED) is 0.446. The van der Waals surface area contributed by atoms with E-state index in [1.54, 1.807) is 25.4 Å². The molecule has 1 amide bonds. The summed E-state index contributed by atoms with van der Waals surface area (Å²) in [6.45, 7) is 4.74. The summed E-state index contributed by atoms with van der Waals surface area (Å²) >= 11 is 0. The monoisotopic (exact) mass is 459 g/mol. The smallest absolute Gasteiger partial charge is 0.237 e. The lowest BCUT2D eigenvalue weighted by Gasteiger charge is -2.28. The van der Waals surface area contributed by atoms with Crippen molar-refractivity contribution in [2.45, 2.75) is 58.0 Å². The summed E-state index contributed by atoms with van der Waals surface area (Å²) in [4.78, 5) is 21.3. The first kappa shape index (κ1) is 25.0. The Labute approximate surface area is 202 Å². The molecule has 3 atom stereocenters. The number of hydrogen-bond acceptors (Lipinski definition) is 7. The summed E-state index contributed by atoms with van der Waals surface area (Å²) in [6.07, 6.45) is 6.61. The highest BCUT2D eigenvalue weighted by atomic mass is 16.2. The molecule has 1 aliphatic carbocycles. The third-order valence-corrected chi connectivity index (χ3v) is 5.86. The number of hydrogen-bond donors (Lipinski definition) is 4. The van der Waals surface area contributed by atoms with Gasteiger partial charge in [-0.3, -0.25) is 4.79 Å². The van der Waals surface area contributed by atoms with Crippen LogP contribution in [-0.2, 0) is 4.79 Å². The summed E-state index contributed by atoms with van der Waals surface area (Å²) in [5, 5.41) is 21.6. The molecule has 1 aromatic carbocycles. The van der Waals surface area contributed by atoms with E-state index in [2.05, 4.69) is 56.1 Å². The van der Waals surface area contributed by atoms with Crippen LogP contribution in [0.3, 0.4) is 0 Å². The molecule has 34 heavy (non-hydrogen) atoms. The largest absolute Gasteiger partial charge is 0.369 e. The Kier molecular flexibility index (Phi) is 9.25. The van der Waals surface area contributed by atoms with Crippen molar-refractivity contribution < 1.29 is 4.79 Å². The second-order valence-corrected chi connectivity index (χ2v) is 8.55. The van der Waals surface area contributed by atoms with Gasteiger partial charge in [-0.2, -0.15) is 10.2 Å². The fraction of sp³-hybridized carbons (Fsp3) is 0.462. The SMILES string of the molecule is CCCNc1nc(Nc2ccc(C#N)cc2)ncc1C#CC1CCCC(NC(=O)[C@H](C)NC)C1. The van der Waals surface area contributed by atoms with Gasteiger partial charge in [-0.05, 0) is 63.9 Å². The van der Waals surface area contributed by atoms with Gasteiger partial charge in [0.15, 0.2) is 0 Å². The van der Waals surface area contributed by atoms with Gasteiger partial charge in [-0.1, -0.05) is 25.2 Å². The fourth-order valence-corrected chi connectivity index (χ4v) is 3.76. The topological polar surface area (TPSA) is 115 Å². The van der Waals surface area contributed by atoms with Crippen LogP contribution in [0.5, 0.6) is 0 Å². The molecule has 1 saturated carbocycles. The summed E-state index contributed by atoms with van der Waals surface area (Å²) in [5.41, 5.74) is 2.17. The highest BCUT2D eigenvalue weighted by molar-refractivity contribution is 5.81. The second-order valence-electron chi connectivity index (χ2n) is 8.55. The van der Waals surface area contributed by atoms with Crippen LogP contribution in [0.4, 0.5) is 17.5 Å². The number of amides is 1. The van der Waals surface area contributed by atoms with Crippen LogP contribution in [0, 0.1) is 29.1 Å². The van der Waals surface area contributed by atoms with Gasteiger partial charge in [0.05, 0.1) is 29.4 Å². The standard InChI is InChI=1S/C26H33N7O/c1-4-14-29-24-21(17-30-26(33-24)32-22-12-9-20(16-27)10-13-22)11-8-19-6-5-7-23(15-19)31-25(34)18(2)28-3/h9-10,12-13,17-19,23,28H,4-7,14-15H2,1-3H3,(H,31,34)(H2,29,30,32,33)/t18-,19?,23?/m0/s1. The van der Waals surface area contributed by atoms with Crippen LogP contribution in [0.25, 0.3) is 0 Å². The molecule has 1 fully saturated rings. The zero-order chi connectivity index (χ0) is 24.3. The average molecular weight is 460 g/mol. The van der Waals surface area contributed by atoms with Gasteiger partial charge >= 0.3 is 0 Å².